The third kappa shape index (κ3) is 2.66. The number of aromatic nitrogens is 2. The van der Waals surface area contributed by atoms with Crippen molar-refractivity contribution in [2.24, 2.45) is 0 Å². The summed E-state index contributed by atoms with van der Waals surface area (Å²) in [4.78, 5) is 11.5. The molecule has 1 fully saturated rings. The fraction of sp³-hybridized carbons (Fsp3) is 0.714. The van der Waals surface area contributed by atoms with Gasteiger partial charge in [-0.2, -0.15) is 5.10 Å². The summed E-state index contributed by atoms with van der Waals surface area (Å²) in [5, 5.41) is 8.17. The van der Waals surface area contributed by atoms with Crippen molar-refractivity contribution >= 4 is 5.97 Å². The summed E-state index contributed by atoms with van der Waals surface area (Å²) in [5.41, 5.74) is 3.98. The molecule has 1 aromatic heterocycles. The number of fused-ring (bicyclic) bond motifs is 1. The van der Waals surface area contributed by atoms with Gasteiger partial charge in [-0.25, -0.2) is 0 Å². The van der Waals surface area contributed by atoms with Crippen LogP contribution in [0, 0.1) is 0 Å². The van der Waals surface area contributed by atoms with Crippen LogP contribution in [-0.2, 0) is 29.0 Å². The zero-order chi connectivity index (χ0) is 13.2. The number of aryl methyl sites for hydroxylation is 1. The number of rotatable bonds is 5. The lowest BCUT2D eigenvalue weighted by Gasteiger charge is -2.15. The lowest BCUT2D eigenvalue weighted by molar-refractivity contribution is -0.143. The molecule has 2 aliphatic rings. The van der Waals surface area contributed by atoms with Crippen molar-refractivity contribution in [3.63, 3.8) is 0 Å². The first kappa shape index (κ1) is 12.7. The fourth-order valence-corrected chi connectivity index (χ4v) is 2.75. The van der Waals surface area contributed by atoms with E-state index in [1.165, 1.54) is 29.8 Å². The maximum absolute atomic E-state index is 11.5. The molecule has 0 bridgehead atoms. The molecule has 5 nitrogen and oxygen atoms in total. The van der Waals surface area contributed by atoms with Gasteiger partial charge in [-0.05, 0) is 19.8 Å². The van der Waals surface area contributed by atoms with Crippen molar-refractivity contribution in [2.75, 3.05) is 13.2 Å². The van der Waals surface area contributed by atoms with Gasteiger partial charge >= 0.3 is 5.97 Å². The molecular weight excluding hydrogens is 242 g/mol. The number of carbonyl (C=O) groups excluding carboxylic acids is 1. The lowest BCUT2D eigenvalue weighted by Crippen LogP contribution is -2.25. The molecule has 1 saturated carbocycles. The first-order chi connectivity index (χ1) is 9.29. The van der Waals surface area contributed by atoms with Gasteiger partial charge in [-0.3, -0.25) is 9.48 Å². The van der Waals surface area contributed by atoms with E-state index in [0.717, 1.165) is 19.5 Å². The van der Waals surface area contributed by atoms with Crippen LogP contribution in [0.15, 0.2) is 0 Å². The Bertz CT molecular complexity index is 477. The summed E-state index contributed by atoms with van der Waals surface area (Å²) in [6, 6.07) is 0. The Morgan fingerprint density at radius 3 is 3.11 bits per heavy atom. The molecule has 5 heteroatoms. The average Bonchev–Trinajstić information content (AvgIpc) is 3.19. The zero-order valence-electron chi connectivity index (χ0n) is 11.4. The van der Waals surface area contributed by atoms with Crippen molar-refractivity contribution in [2.45, 2.75) is 51.6 Å². The second kappa shape index (κ2) is 5.33. The van der Waals surface area contributed by atoms with Crippen LogP contribution >= 0.6 is 0 Å². The van der Waals surface area contributed by atoms with E-state index < -0.39 is 0 Å². The molecule has 1 aliphatic heterocycles. The number of carbonyl (C=O) groups is 1. The monoisotopic (exact) mass is 263 g/mol. The molecular formula is C14H21N3O2. The third-order valence-electron chi connectivity index (χ3n) is 3.84. The number of nitrogens with one attached hydrogen (secondary N) is 1. The molecule has 1 aromatic rings. The van der Waals surface area contributed by atoms with Crippen LogP contribution in [0.4, 0.5) is 0 Å². The largest absolute Gasteiger partial charge is 0.466 e. The fourth-order valence-electron chi connectivity index (χ4n) is 2.75. The molecule has 0 aromatic carbocycles. The van der Waals surface area contributed by atoms with Crippen molar-refractivity contribution in [1.29, 1.82) is 0 Å². The Morgan fingerprint density at radius 1 is 1.53 bits per heavy atom. The molecule has 0 radical (unpaired) electrons. The van der Waals surface area contributed by atoms with Crippen LogP contribution in [0.5, 0.6) is 0 Å². The van der Waals surface area contributed by atoms with Gasteiger partial charge in [0.15, 0.2) is 0 Å². The Balaban J connectivity index is 1.75. The van der Waals surface area contributed by atoms with Crippen molar-refractivity contribution in [1.82, 2.24) is 15.1 Å². The number of ether oxygens (including phenoxy) is 1. The summed E-state index contributed by atoms with van der Waals surface area (Å²) in [7, 11) is 0. The highest BCUT2D eigenvalue weighted by molar-refractivity contribution is 5.69. The highest BCUT2D eigenvalue weighted by Crippen LogP contribution is 2.42. The Labute approximate surface area is 113 Å². The SMILES string of the molecule is CCOC(=O)CCn1nc(C2CC2)c2c1CCNC2. The number of esters is 1. The Hall–Kier alpha value is -1.36. The highest BCUT2D eigenvalue weighted by atomic mass is 16.5. The van der Waals surface area contributed by atoms with E-state index >= 15 is 0 Å². The van der Waals surface area contributed by atoms with E-state index in [0.29, 0.717) is 25.5 Å². The molecule has 1 N–H and O–H groups in total. The highest BCUT2D eigenvalue weighted by Gasteiger charge is 2.32. The van der Waals surface area contributed by atoms with Gasteiger partial charge in [0.05, 0.1) is 25.3 Å². The minimum Gasteiger partial charge on any atom is -0.466 e. The van der Waals surface area contributed by atoms with Crippen LogP contribution in [0.1, 0.15) is 49.1 Å². The number of hydrogen-bond acceptors (Lipinski definition) is 4. The molecule has 2 heterocycles. The number of hydrogen-bond donors (Lipinski definition) is 1. The normalized spacial score (nSPS) is 18.2. The molecule has 0 atom stereocenters. The molecule has 104 valence electrons. The summed E-state index contributed by atoms with van der Waals surface area (Å²) >= 11 is 0. The second-order valence-electron chi connectivity index (χ2n) is 5.29. The third-order valence-corrected chi connectivity index (χ3v) is 3.84. The van der Waals surface area contributed by atoms with Crippen LogP contribution in [0.25, 0.3) is 0 Å². The Kier molecular flexibility index (Phi) is 3.55. The summed E-state index contributed by atoms with van der Waals surface area (Å²) < 4.78 is 7.02. The van der Waals surface area contributed by atoms with E-state index in [9.17, 15) is 4.79 Å². The zero-order valence-corrected chi connectivity index (χ0v) is 11.4. The lowest BCUT2D eigenvalue weighted by atomic mass is 10.0. The Morgan fingerprint density at radius 2 is 2.37 bits per heavy atom. The number of nitrogens with zero attached hydrogens (tertiary/aromatic N) is 2. The van der Waals surface area contributed by atoms with Gasteiger partial charge in [-0.15, -0.1) is 0 Å². The predicted molar refractivity (Wildman–Crippen MR) is 70.9 cm³/mol. The molecule has 3 rings (SSSR count). The van der Waals surface area contributed by atoms with E-state index in [1.54, 1.807) is 0 Å². The summed E-state index contributed by atoms with van der Waals surface area (Å²) in [6.45, 7) is 4.87. The van der Waals surface area contributed by atoms with Crippen LogP contribution in [-0.4, -0.2) is 28.9 Å². The van der Waals surface area contributed by atoms with Crippen LogP contribution in [0.2, 0.25) is 0 Å². The summed E-state index contributed by atoms with van der Waals surface area (Å²) in [6.07, 6.45) is 3.96. The molecule has 0 spiro atoms. The minimum absolute atomic E-state index is 0.131. The van der Waals surface area contributed by atoms with E-state index in [4.69, 9.17) is 9.84 Å². The van der Waals surface area contributed by atoms with E-state index in [1.807, 2.05) is 11.6 Å². The second-order valence-corrected chi connectivity index (χ2v) is 5.29. The first-order valence-corrected chi connectivity index (χ1v) is 7.24. The maximum atomic E-state index is 11.5. The standard InChI is InChI=1S/C14H21N3O2/c1-2-19-13(18)6-8-17-12-5-7-15-9-11(12)14(16-17)10-3-4-10/h10,15H,2-9H2,1H3. The van der Waals surface area contributed by atoms with Crippen molar-refractivity contribution in [3.8, 4) is 0 Å². The predicted octanol–water partition coefficient (Wildman–Crippen LogP) is 1.36. The van der Waals surface area contributed by atoms with Gasteiger partial charge in [0.2, 0.25) is 0 Å². The molecule has 19 heavy (non-hydrogen) atoms. The van der Waals surface area contributed by atoms with Crippen molar-refractivity contribution < 1.29 is 9.53 Å². The average molecular weight is 263 g/mol. The summed E-state index contributed by atoms with van der Waals surface area (Å²) in [5.74, 6) is 0.533. The van der Waals surface area contributed by atoms with Gasteiger partial charge in [0.1, 0.15) is 0 Å². The molecule has 1 aliphatic carbocycles. The van der Waals surface area contributed by atoms with Crippen LogP contribution in [0.3, 0.4) is 0 Å². The van der Waals surface area contributed by atoms with Gasteiger partial charge in [0.25, 0.3) is 0 Å². The van der Waals surface area contributed by atoms with Gasteiger partial charge < -0.3 is 10.1 Å². The molecule has 0 amide bonds. The first-order valence-electron chi connectivity index (χ1n) is 7.24. The quantitative estimate of drug-likeness (QED) is 0.815. The maximum Gasteiger partial charge on any atom is 0.307 e. The van der Waals surface area contributed by atoms with E-state index in [2.05, 4.69) is 5.32 Å². The smallest absolute Gasteiger partial charge is 0.307 e. The molecule has 0 saturated heterocycles. The van der Waals surface area contributed by atoms with E-state index in [-0.39, 0.29) is 5.97 Å². The minimum atomic E-state index is -0.131. The molecule has 0 unspecified atom stereocenters. The van der Waals surface area contributed by atoms with Gasteiger partial charge in [0, 0.05) is 36.7 Å². The topological polar surface area (TPSA) is 56.2 Å². The van der Waals surface area contributed by atoms with Crippen LogP contribution < -0.4 is 5.32 Å². The van der Waals surface area contributed by atoms with Gasteiger partial charge in [-0.1, -0.05) is 0 Å². The van der Waals surface area contributed by atoms with Crippen molar-refractivity contribution in [3.05, 3.63) is 17.0 Å².